The molecule has 0 saturated heterocycles. The molecule has 0 unspecified atom stereocenters. The van der Waals surface area contributed by atoms with Gasteiger partial charge in [0.1, 0.15) is 4.21 Å². The maximum atomic E-state index is 11.1. The maximum absolute atomic E-state index is 11.1. The highest BCUT2D eigenvalue weighted by Gasteiger charge is 2.14. The molecule has 2 heterocycles. The zero-order chi connectivity index (χ0) is 11.8. The van der Waals surface area contributed by atoms with Gasteiger partial charge in [0.25, 0.3) is 9.05 Å². The lowest BCUT2D eigenvalue weighted by atomic mass is 10.3. The summed E-state index contributed by atoms with van der Waals surface area (Å²) in [7, 11) is 1.62. The van der Waals surface area contributed by atoms with Crippen molar-refractivity contribution < 1.29 is 8.42 Å². The highest BCUT2D eigenvalue weighted by molar-refractivity contribution is 8.15. The van der Waals surface area contributed by atoms with E-state index in [9.17, 15) is 8.42 Å². The van der Waals surface area contributed by atoms with Crippen molar-refractivity contribution in [2.45, 2.75) is 11.1 Å². The van der Waals surface area contributed by atoms with Crippen LogP contribution in [0, 0.1) is 6.92 Å². The zero-order valence-electron chi connectivity index (χ0n) is 8.34. The summed E-state index contributed by atoms with van der Waals surface area (Å²) in [5.74, 6) is 0. The minimum absolute atomic E-state index is 0.146. The average molecular weight is 274 g/mol. The summed E-state index contributed by atoms with van der Waals surface area (Å²) in [4.78, 5) is 5.11. The van der Waals surface area contributed by atoms with Gasteiger partial charge in [0.05, 0.1) is 10.6 Å². The van der Waals surface area contributed by atoms with E-state index in [4.69, 9.17) is 10.7 Å². The summed E-state index contributed by atoms with van der Waals surface area (Å²) in [5.41, 5.74) is 1.65. The van der Waals surface area contributed by atoms with Crippen LogP contribution in [0.1, 0.15) is 5.69 Å². The third kappa shape index (κ3) is 2.42. The number of nitrogens with zero attached hydrogens (tertiary/aromatic N) is 1. The number of hydrogen-bond donors (Lipinski definition) is 0. The number of aryl methyl sites for hydroxylation is 1. The molecule has 2 aromatic rings. The molecule has 0 aliphatic rings. The average Bonchev–Trinajstić information content (AvgIpc) is 2.65. The zero-order valence-corrected chi connectivity index (χ0v) is 10.7. The van der Waals surface area contributed by atoms with Gasteiger partial charge in [0, 0.05) is 16.4 Å². The number of hydrogen-bond acceptors (Lipinski definition) is 4. The SMILES string of the molecule is Cc1cccc(-c2ccc(S(=O)(=O)Cl)s2)n1. The quantitative estimate of drug-likeness (QED) is 0.790. The lowest BCUT2D eigenvalue weighted by molar-refractivity contribution is 0.611. The number of rotatable bonds is 2. The molecule has 6 heteroatoms. The number of thiophene rings is 1. The van der Waals surface area contributed by atoms with E-state index in [1.54, 1.807) is 6.07 Å². The molecule has 3 nitrogen and oxygen atoms in total. The molecule has 2 aromatic heterocycles. The van der Waals surface area contributed by atoms with Gasteiger partial charge in [0.2, 0.25) is 0 Å². The van der Waals surface area contributed by atoms with Gasteiger partial charge in [-0.05, 0) is 31.2 Å². The van der Waals surface area contributed by atoms with Crippen molar-refractivity contribution in [2.75, 3.05) is 0 Å². The highest BCUT2D eigenvalue weighted by atomic mass is 35.7. The fourth-order valence-corrected chi connectivity index (χ4v) is 3.31. The predicted octanol–water partition coefficient (Wildman–Crippen LogP) is 3.05. The largest absolute Gasteiger partial charge is 0.270 e. The second kappa shape index (κ2) is 4.16. The molecule has 0 aromatic carbocycles. The topological polar surface area (TPSA) is 47.0 Å². The first-order valence-electron chi connectivity index (χ1n) is 4.45. The Hall–Kier alpha value is -0.910. The fraction of sp³-hybridized carbons (Fsp3) is 0.100. The monoisotopic (exact) mass is 273 g/mol. The van der Waals surface area contributed by atoms with Crippen LogP contribution in [0.25, 0.3) is 10.6 Å². The highest BCUT2D eigenvalue weighted by Crippen LogP contribution is 2.31. The Morgan fingerprint density at radius 1 is 1.25 bits per heavy atom. The van der Waals surface area contributed by atoms with Gasteiger partial charge in [-0.2, -0.15) is 0 Å². The van der Waals surface area contributed by atoms with Crippen LogP contribution in [-0.4, -0.2) is 13.4 Å². The molecule has 0 atom stereocenters. The second-order valence-electron chi connectivity index (χ2n) is 3.22. The molecular weight excluding hydrogens is 266 g/mol. The molecule has 0 fully saturated rings. The lowest BCUT2D eigenvalue weighted by Crippen LogP contribution is -1.84. The van der Waals surface area contributed by atoms with Crippen molar-refractivity contribution >= 4 is 31.1 Å². The van der Waals surface area contributed by atoms with E-state index in [0.717, 1.165) is 27.6 Å². The van der Waals surface area contributed by atoms with Gasteiger partial charge in [-0.1, -0.05) is 6.07 Å². The molecule has 0 spiro atoms. The van der Waals surface area contributed by atoms with E-state index in [1.807, 2.05) is 25.1 Å². The Labute approximate surface area is 102 Å². The standard InChI is InChI=1S/C10H8ClNO2S2/c1-7-3-2-4-8(12-7)9-5-6-10(15-9)16(11,13)14/h2-6H,1H3. The van der Waals surface area contributed by atoms with Crippen LogP contribution < -0.4 is 0 Å². The molecule has 0 radical (unpaired) electrons. The van der Waals surface area contributed by atoms with E-state index in [-0.39, 0.29) is 4.21 Å². The molecule has 16 heavy (non-hydrogen) atoms. The molecular formula is C10H8ClNO2S2. The summed E-state index contributed by atoms with van der Waals surface area (Å²) < 4.78 is 22.3. The van der Waals surface area contributed by atoms with Gasteiger partial charge < -0.3 is 0 Å². The van der Waals surface area contributed by atoms with Crippen LogP contribution in [0.2, 0.25) is 0 Å². The van der Waals surface area contributed by atoms with Crippen LogP contribution in [0.4, 0.5) is 0 Å². The van der Waals surface area contributed by atoms with Crippen molar-refractivity contribution in [1.82, 2.24) is 4.98 Å². The second-order valence-corrected chi connectivity index (χ2v) is 7.10. The minimum atomic E-state index is -3.64. The van der Waals surface area contributed by atoms with Gasteiger partial charge in [-0.3, -0.25) is 4.98 Å². The molecule has 2 rings (SSSR count). The van der Waals surface area contributed by atoms with Gasteiger partial charge in [0.15, 0.2) is 0 Å². The van der Waals surface area contributed by atoms with Crippen LogP contribution in [-0.2, 0) is 9.05 Å². The summed E-state index contributed by atoms with van der Waals surface area (Å²) >= 11 is 1.12. The molecule has 0 aliphatic heterocycles. The fourth-order valence-electron chi connectivity index (χ4n) is 1.27. The van der Waals surface area contributed by atoms with E-state index in [1.165, 1.54) is 6.07 Å². The van der Waals surface area contributed by atoms with Crippen LogP contribution in [0.5, 0.6) is 0 Å². The third-order valence-corrected chi connectivity index (χ3v) is 5.16. The van der Waals surface area contributed by atoms with Gasteiger partial charge in [-0.15, -0.1) is 11.3 Å². The first-order valence-corrected chi connectivity index (χ1v) is 7.58. The normalized spacial score (nSPS) is 11.6. The molecule has 0 bridgehead atoms. The van der Waals surface area contributed by atoms with E-state index < -0.39 is 9.05 Å². The maximum Gasteiger partial charge on any atom is 0.270 e. The Bertz CT molecular complexity index is 619. The van der Waals surface area contributed by atoms with Crippen LogP contribution in [0.3, 0.4) is 0 Å². The molecule has 0 N–H and O–H groups in total. The summed E-state index contributed by atoms with van der Waals surface area (Å²) in [6.45, 7) is 1.89. The van der Waals surface area contributed by atoms with Gasteiger partial charge in [-0.25, -0.2) is 8.42 Å². The predicted molar refractivity (Wildman–Crippen MR) is 65.3 cm³/mol. The first-order chi connectivity index (χ1) is 7.47. The van der Waals surface area contributed by atoms with Crippen LogP contribution >= 0.6 is 22.0 Å². The smallest absolute Gasteiger partial charge is 0.252 e. The van der Waals surface area contributed by atoms with Crippen LogP contribution in [0.15, 0.2) is 34.5 Å². The minimum Gasteiger partial charge on any atom is -0.252 e. The van der Waals surface area contributed by atoms with Crippen molar-refractivity contribution in [3.05, 3.63) is 36.0 Å². The Morgan fingerprint density at radius 3 is 2.56 bits per heavy atom. The van der Waals surface area contributed by atoms with Gasteiger partial charge >= 0.3 is 0 Å². The summed E-state index contributed by atoms with van der Waals surface area (Å²) in [6, 6.07) is 8.81. The molecule has 0 aliphatic carbocycles. The Kier molecular flexibility index (Phi) is 3.01. The summed E-state index contributed by atoms with van der Waals surface area (Å²) in [5, 5.41) is 0. The van der Waals surface area contributed by atoms with Crippen molar-refractivity contribution in [2.24, 2.45) is 0 Å². The van der Waals surface area contributed by atoms with E-state index in [2.05, 4.69) is 4.98 Å². The molecule has 0 amide bonds. The number of aromatic nitrogens is 1. The van der Waals surface area contributed by atoms with Crippen molar-refractivity contribution in [3.8, 4) is 10.6 Å². The lowest BCUT2D eigenvalue weighted by Gasteiger charge is -1.97. The molecule has 0 saturated carbocycles. The number of halogens is 1. The molecule has 84 valence electrons. The third-order valence-electron chi connectivity index (χ3n) is 1.96. The Morgan fingerprint density at radius 2 is 2.00 bits per heavy atom. The van der Waals surface area contributed by atoms with Crippen molar-refractivity contribution in [1.29, 1.82) is 0 Å². The van der Waals surface area contributed by atoms with Crippen molar-refractivity contribution in [3.63, 3.8) is 0 Å². The first kappa shape index (κ1) is 11.6. The summed E-state index contributed by atoms with van der Waals surface area (Å²) in [6.07, 6.45) is 0. The Balaban J connectivity index is 2.47. The van der Waals surface area contributed by atoms with E-state index >= 15 is 0 Å². The number of pyridine rings is 1. The van der Waals surface area contributed by atoms with E-state index in [0.29, 0.717) is 0 Å².